The molecule has 0 radical (unpaired) electrons. The van der Waals surface area contributed by atoms with Crippen LogP contribution in [0.4, 0.5) is 16.2 Å². The van der Waals surface area contributed by atoms with Gasteiger partial charge in [0.2, 0.25) is 0 Å². The van der Waals surface area contributed by atoms with E-state index in [2.05, 4.69) is 63.7 Å². The van der Waals surface area contributed by atoms with Gasteiger partial charge in [0.25, 0.3) is 0 Å². The molecule has 0 aliphatic heterocycles. The van der Waals surface area contributed by atoms with Crippen LogP contribution in [0.5, 0.6) is 11.5 Å². The molecule has 5 rings (SSSR count). The lowest BCUT2D eigenvalue weighted by molar-refractivity contribution is 0.262. The van der Waals surface area contributed by atoms with Crippen LogP contribution in [0.15, 0.2) is 91.0 Å². The molecule has 1 aromatic heterocycles. The molecule has 6 heteroatoms. The van der Waals surface area contributed by atoms with Gasteiger partial charge >= 0.3 is 6.03 Å². The van der Waals surface area contributed by atoms with E-state index in [-0.39, 0.29) is 6.03 Å². The Hall–Kier alpha value is -4.45. The smallest absolute Gasteiger partial charge is 0.323 e. The first-order chi connectivity index (χ1) is 17.2. The molecule has 0 fully saturated rings. The zero-order chi connectivity index (χ0) is 24.2. The van der Waals surface area contributed by atoms with Crippen molar-refractivity contribution in [2.75, 3.05) is 24.9 Å². The van der Waals surface area contributed by atoms with Gasteiger partial charge in [0.15, 0.2) is 0 Å². The zero-order valence-corrected chi connectivity index (χ0v) is 19.7. The van der Waals surface area contributed by atoms with Gasteiger partial charge in [-0.1, -0.05) is 48.5 Å². The molecule has 0 aliphatic rings. The minimum atomic E-state index is -0.347. The summed E-state index contributed by atoms with van der Waals surface area (Å²) < 4.78 is 13.0. The number of para-hydroxylation sites is 1. The third-order valence-corrected chi connectivity index (χ3v) is 6.15. The number of ether oxygens (including phenoxy) is 2. The number of nitrogens with zero attached hydrogens (tertiary/aromatic N) is 1. The number of fused-ring (bicyclic) bond motifs is 3. The van der Waals surface area contributed by atoms with E-state index < -0.39 is 0 Å². The van der Waals surface area contributed by atoms with Crippen molar-refractivity contribution in [2.24, 2.45) is 0 Å². The highest BCUT2D eigenvalue weighted by Crippen LogP contribution is 2.32. The average Bonchev–Trinajstić information content (AvgIpc) is 3.21. The van der Waals surface area contributed by atoms with E-state index in [9.17, 15) is 4.79 Å². The van der Waals surface area contributed by atoms with Gasteiger partial charge in [-0.15, -0.1) is 0 Å². The molecule has 2 amide bonds. The predicted molar refractivity (Wildman–Crippen MR) is 142 cm³/mol. The Kier molecular flexibility index (Phi) is 6.26. The lowest BCUT2D eigenvalue weighted by Gasteiger charge is -2.13. The molecule has 0 atom stereocenters. The normalized spacial score (nSPS) is 10.9. The quantitative estimate of drug-likeness (QED) is 0.281. The fraction of sp³-hybridized carbons (Fsp3) is 0.138. The van der Waals surface area contributed by atoms with E-state index in [1.807, 2.05) is 24.3 Å². The number of carbonyl (C=O) groups is 1. The van der Waals surface area contributed by atoms with Gasteiger partial charge < -0.3 is 24.7 Å². The number of nitrogens with one attached hydrogen (secondary N) is 2. The molecule has 0 saturated carbocycles. The summed E-state index contributed by atoms with van der Waals surface area (Å²) in [6.07, 6.45) is 0.945. The van der Waals surface area contributed by atoms with E-state index in [0.717, 1.165) is 29.3 Å². The molecule has 0 saturated heterocycles. The van der Waals surface area contributed by atoms with Gasteiger partial charge in [-0.3, -0.25) is 0 Å². The molecule has 35 heavy (non-hydrogen) atoms. The molecular formula is C29H27N3O3. The van der Waals surface area contributed by atoms with E-state index in [0.29, 0.717) is 22.9 Å². The first kappa shape index (κ1) is 22.3. The van der Waals surface area contributed by atoms with Crippen molar-refractivity contribution in [1.29, 1.82) is 0 Å². The van der Waals surface area contributed by atoms with E-state index in [4.69, 9.17) is 9.47 Å². The third-order valence-electron chi connectivity index (χ3n) is 6.15. The molecular weight excluding hydrogens is 438 g/mol. The fourth-order valence-electron chi connectivity index (χ4n) is 4.44. The van der Waals surface area contributed by atoms with Crippen LogP contribution in [0, 0.1) is 0 Å². The first-order valence-electron chi connectivity index (χ1n) is 11.5. The predicted octanol–water partition coefficient (Wildman–Crippen LogP) is 6.70. The summed E-state index contributed by atoms with van der Waals surface area (Å²) in [5.74, 6) is 1.18. The topological polar surface area (TPSA) is 64.5 Å². The molecule has 176 valence electrons. The highest BCUT2D eigenvalue weighted by atomic mass is 16.5. The second kappa shape index (κ2) is 9.81. The van der Waals surface area contributed by atoms with Crippen molar-refractivity contribution < 1.29 is 14.3 Å². The lowest BCUT2D eigenvalue weighted by Crippen LogP contribution is -2.19. The van der Waals surface area contributed by atoms with Gasteiger partial charge in [-0.25, -0.2) is 4.79 Å². The molecule has 6 nitrogen and oxygen atoms in total. The first-order valence-corrected chi connectivity index (χ1v) is 11.5. The van der Waals surface area contributed by atoms with E-state index in [1.54, 1.807) is 32.4 Å². The number of methoxy groups -OCH3 is 2. The molecule has 0 unspecified atom stereocenters. The minimum absolute atomic E-state index is 0.347. The molecule has 5 aromatic rings. The second-order valence-corrected chi connectivity index (χ2v) is 8.28. The largest absolute Gasteiger partial charge is 0.497 e. The minimum Gasteiger partial charge on any atom is -0.497 e. The molecule has 1 heterocycles. The summed E-state index contributed by atoms with van der Waals surface area (Å²) in [6.45, 7) is 0.874. The number of carbonyl (C=O) groups excluding carboxylic acids is 1. The van der Waals surface area contributed by atoms with E-state index >= 15 is 0 Å². The number of anilines is 2. The Bertz CT molecular complexity index is 1490. The van der Waals surface area contributed by atoms with Gasteiger partial charge in [-0.05, 0) is 48.4 Å². The molecule has 0 aliphatic carbocycles. The Morgan fingerprint density at radius 3 is 2.34 bits per heavy atom. The maximum Gasteiger partial charge on any atom is 0.323 e. The van der Waals surface area contributed by atoms with Crippen molar-refractivity contribution in [1.82, 2.24) is 4.57 Å². The number of urea groups is 1. The van der Waals surface area contributed by atoms with Crippen molar-refractivity contribution in [3.63, 3.8) is 0 Å². The standard InChI is InChI=1S/C29H27N3O3/c1-34-22-13-14-25(28(19-22)35-2)31-29(33)30-21-12-15-27-24(18-21)23-10-6-7-11-26(23)32(27)17-16-20-8-4-3-5-9-20/h3-15,18-19H,16-17H2,1-2H3,(H2,30,31,33). The highest BCUT2D eigenvalue weighted by Gasteiger charge is 2.13. The molecule has 2 N–H and O–H groups in total. The van der Waals surface area contributed by atoms with E-state index in [1.165, 1.54) is 11.1 Å². The van der Waals surface area contributed by atoms with Crippen LogP contribution < -0.4 is 20.1 Å². The number of rotatable bonds is 7. The monoisotopic (exact) mass is 465 g/mol. The lowest BCUT2D eigenvalue weighted by atomic mass is 10.1. The summed E-state index contributed by atoms with van der Waals surface area (Å²) in [6, 6.07) is 29.8. The van der Waals surface area contributed by atoms with Crippen molar-refractivity contribution in [2.45, 2.75) is 13.0 Å². The number of aryl methyl sites for hydroxylation is 2. The SMILES string of the molecule is COc1ccc(NC(=O)Nc2ccc3c(c2)c2ccccc2n3CCc2ccccc2)c(OC)c1. The molecule has 0 spiro atoms. The average molecular weight is 466 g/mol. The Morgan fingerprint density at radius 1 is 0.771 bits per heavy atom. The number of hydrogen-bond acceptors (Lipinski definition) is 3. The Morgan fingerprint density at radius 2 is 1.54 bits per heavy atom. The van der Waals surface area contributed by atoms with Crippen molar-refractivity contribution in [3.05, 3.63) is 96.6 Å². The highest BCUT2D eigenvalue weighted by molar-refractivity contribution is 6.10. The van der Waals surface area contributed by atoms with Crippen LogP contribution in [0.2, 0.25) is 0 Å². The Labute approximate surface area is 204 Å². The van der Waals surface area contributed by atoms with Crippen LogP contribution in [0.25, 0.3) is 21.8 Å². The number of amides is 2. The number of benzene rings is 4. The zero-order valence-electron chi connectivity index (χ0n) is 19.7. The maximum atomic E-state index is 12.8. The maximum absolute atomic E-state index is 12.8. The van der Waals surface area contributed by atoms with Gasteiger partial charge in [0.05, 0.1) is 19.9 Å². The summed E-state index contributed by atoms with van der Waals surface area (Å²) in [5, 5.41) is 8.07. The van der Waals surface area contributed by atoms with Crippen LogP contribution >= 0.6 is 0 Å². The van der Waals surface area contributed by atoms with Gasteiger partial charge in [0.1, 0.15) is 11.5 Å². The van der Waals surface area contributed by atoms with Gasteiger partial charge in [-0.2, -0.15) is 0 Å². The third kappa shape index (κ3) is 4.64. The van der Waals surface area contributed by atoms with Crippen LogP contribution in [-0.4, -0.2) is 24.8 Å². The molecule has 0 bridgehead atoms. The van der Waals surface area contributed by atoms with Crippen molar-refractivity contribution >= 4 is 39.2 Å². The summed E-state index contributed by atoms with van der Waals surface area (Å²) >= 11 is 0. The van der Waals surface area contributed by atoms with Gasteiger partial charge in [0, 0.05) is 40.1 Å². The Balaban J connectivity index is 1.40. The summed E-state index contributed by atoms with van der Waals surface area (Å²) in [5.41, 5.74) is 4.91. The van der Waals surface area contributed by atoms with Crippen LogP contribution in [-0.2, 0) is 13.0 Å². The second-order valence-electron chi connectivity index (χ2n) is 8.28. The van der Waals surface area contributed by atoms with Crippen LogP contribution in [0.3, 0.4) is 0 Å². The summed E-state index contributed by atoms with van der Waals surface area (Å²) in [7, 11) is 3.14. The number of hydrogen-bond donors (Lipinski definition) is 2. The number of aromatic nitrogens is 1. The van der Waals surface area contributed by atoms with Crippen molar-refractivity contribution in [3.8, 4) is 11.5 Å². The molecule has 4 aromatic carbocycles. The summed E-state index contributed by atoms with van der Waals surface area (Å²) in [4.78, 5) is 12.8. The van der Waals surface area contributed by atoms with Crippen LogP contribution in [0.1, 0.15) is 5.56 Å². The fourth-order valence-corrected chi connectivity index (χ4v) is 4.44.